The smallest absolute Gasteiger partial charge is 0.226 e. The lowest BCUT2D eigenvalue weighted by Gasteiger charge is -2.37. The molecule has 3 atom stereocenters. The molecule has 1 amide bonds. The van der Waals surface area contributed by atoms with Gasteiger partial charge in [-0.05, 0) is 75.0 Å². The standard InChI is InChI=1S/C26H34N4O2/c31-26-21-6-9-24(15-21)29(26)17-19-10-12-28(13-11-19)23-7-4-20(5-8-23)22-16-27-30(18-22)25-3-1-2-14-32-25/h4-5,7-8,16,18-19,21,24-25H,1-3,6,9-15,17H2. The fraction of sp³-hybridized carbons (Fsp3) is 0.615. The van der Waals surface area contributed by atoms with E-state index in [2.05, 4.69) is 45.4 Å². The second-order valence-corrected chi connectivity index (χ2v) is 10.2. The lowest BCUT2D eigenvalue weighted by molar-refractivity contribution is -0.134. The number of hydrogen-bond acceptors (Lipinski definition) is 4. The molecule has 6 rings (SSSR count). The molecule has 2 bridgehead atoms. The van der Waals surface area contributed by atoms with E-state index in [4.69, 9.17) is 4.74 Å². The largest absolute Gasteiger partial charge is 0.372 e. The number of carbonyl (C=O) groups is 1. The first kappa shape index (κ1) is 20.3. The van der Waals surface area contributed by atoms with Crippen LogP contribution in [0.15, 0.2) is 36.7 Å². The maximum atomic E-state index is 12.5. The number of benzene rings is 1. The fourth-order valence-corrected chi connectivity index (χ4v) is 6.21. The number of aromatic nitrogens is 2. The zero-order valence-corrected chi connectivity index (χ0v) is 18.9. The lowest BCUT2D eigenvalue weighted by atomic mass is 9.94. The van der Waals surface area contributed by atoms with Gasteiger partial charge in [-0.25, -0.2) is 4.68 Å². The maximum absolute atomic E-state index is 12.5. The summed E-state index contributed by atoms with van der Waals surface area (Å²) in [6, 6.07) is 9.46. The molecule has 170 valence electrons. The molecule has 4 aliphatic rings. The van der Waals surface area contributed by atoms with E-state index in [1.165, 1.54) is 36.9 Å². The van der Waals surface area contributed by atoms with Crippen molar-refractivity contribution in [2.75, 3.05) is 31.1 Å². The van der Waals surface area contributed by atoms with Crippen LogP contribution in [0.25, 0.3) is 11.1 Å². The third-order valence-corrected chi connectivity index (χ3v) is 8.17. The van der Waals surface area contributed by atoms with Gasteiger partial charge in [-0.3, -0.25) is 4.79 Å². The summed E-state index contributed by atoms with van der Waals surface area (Å²) >= 11 is 0. The molecule has 3 saturated heterocycles. The Hall–Kier alpha value is -2.34. The summed E-state index contributed by atoms with van der Waals surface area (Å²) in [5.74, 6) is 1.44. The molecule has 0 N–H and O–H groups in total. The third kappa shape index (κ3) is 3.83. The normalized spacial score (nSPS) is 28.6. The molecular weight excluding hydrogens is 400 g/mol. The number of ether oxygens (including phenoxy) is 1. The second-order valence-electron chi connectivity index (χ2n) is 10.2. The van der Waals surface area contributed by atoms with E-state index < -0.39 is 0 Å². The number of likely N-dealkylation sites (tertiary alicyclic amines) is 1. The highest BCUT2D eigenvalue weighted by Gasteiger charge is 2.45. The monoisotopic (exact) mass is 434 g/mol. The summed E-state index contributed by atoms with van der Waals surface area (Å²) in [5, 5.41) is 4.55. The third-order valence-electron chi connectivity index (χ3n) is 8.17. The Bertz CT molecular complexity index is 941. The van der Waals surface area contributed by atoms with Gasteiger partial charge in [-0.15, -0.1) is 0 Å². The predicted molar refractivity (Wildman–Crippen MR) is 124 cm³/mol. The fourth-order valence-electron chi connectivity index (χ4n) is 6.21. The lowest BCUT2D eigenvalue weighted by Crippen LogP contribution is -2.43. The van der Waals surface area contributed by atoms with E-state index in [0.717, 1.165) is 57.5 Å². The van der Waals surface area contributed by atoms with Crippen LogP contribution in [0.4, 0.5) is 5.69 Å². The van der Waals surface area contributed by atoms with Gasteiger partial charge >= 0.3 is 0 Å². The van der Waals surface area contributed by atoms with Crippen molar-refractivity contribution in [2.45, 2.75) is 63.6 Å². The number of carbonyl (C=O) groups excluding carboxylic acids is 1. The number of amides is 1. The molecule has 3 aliphatic heterocycles. The highest BCUT2D eigenvalue weighted by molar-refractivity contribution is 5.82. The average Bonchev–Trinajstić information content (AvgIpc) is 3.59. The molecule has 0 radical (unpaired) electrons. The van der Waals surface area contributed by atoms with Crippen LogP contribution in [0.5, 0.6) is 0 Å². The zero-order valence-electron chi connectivity index (χ0n) is 18.9. The van der Waals surface area contributed by atoms with Crippen molar-refractivity contribution in [3.63, 3.8) is 0 Å². The second kappa shape index (κ2) is 8.54. The van der Waals surface area contributed by atoms with Crippen molar-refractivity contribution in [2.24, 2.45) is 11.8 Å². The first-order chi connectivity index (χ1) is 15.7. The van der Waals surface area contributed by atoms with E-state index in [9.17, 15) is 4.79 Å². The highest BCUT2D eigenvalue weighted by Crippen LogP contribution is 2.39. The first-order valence-electron chi connectivity index (χ1n) is 12.6. The molecule has 6 nitrogen and oxygen atoms in total. The van der Waals surface area contributed by atoms with Crippen LogP contribution in [0.2, 0.25) is 0 Å². The Balaban J connectivity index is 1.04. The van der Waals surface area contributed by atoms with Gasteiger partial charge in [-0.2, -0.15) is 5.10 Å². The Labute approximate surface area is 190 Å². The number of anilines is 1. The van der Waals surface area contributed by atoms with E-state index in [1.807, 2.05) is 10.9 Å². The topological polar surface area (TPSA) is 50.6 Å². The zero-order chi connectivity index (χ0) is 21.5. The summed E-state index contributed by atoms with van der Waals surface area (Å²) in [5.41, 5.74) is 3.65. The molecule has 4 fully saturated rings. The van der Waals surface area contributed by atoms with Crippen molar-refractivity contribution < 1.29 is 9.53 Å². The van der Waals surface area contributed by atoms with Gasteiger partial charge in [0.2, 0.25) is 5.91 Å². The van der Waals surface area contributed by atoms with Gasteiger partial charge in [0.05, 0.1) is 6.20 Å². The Morgan fingerprint density at radius 2 is 1.81 bits per heavy atom. The summed E-state index contributed by atoms with van der Waals surface area (Å²) in [6.07, 6.45) is 13.4. The Kier molecular flexibility index (Phi) is 5.41. The summed E-state index contributed by atoms with van der Waals surface area (Å²) in [6.45, 7) is 3.98. The van der Waals surface area contributed by atoms with E-state index >= 15 is 0 Å². The number of rotatable bonds is 5. The minimum atomic E-state index is 0.0871. The highest BCUT2D eigenvalue weighted by atomic mass is 16.5. The SMILES string of the molecule is O=C1C2CCC(C2)N1CC1CCN(c2ccc(-c3cnn(C4CCCCO4)c3)cc2)CC1. The van der Waals surface area contributed by atoms with Crippen LogP contribution < -0.4 is 4.90 Å². The van der Waals surface area contributed by atoms with Gasteiger partial charge in [0, 0.05) is 55.6 Å². The summed E-state index contributed by atoms with van der Waals surface area (Å²) in [7, 11) is 0. The van der Waals surface area contributed by atoms with Crippen molar-refractivity contribution >= 4 is 11.6 Å². The van der Waals surface area contributed by atoms with Crippen LogP contribution in [-0.4, -0.2) is 52.9 Å². The quantitative estimate of drug-likeness (QED) is 0.696. The molecule has 0 spiro atoms. The maximum Gasteiger partial charge on any atom is 0.226 e. The van der Waals surface area contributed by atoms with Gasteiger partial charge in [0.25, 0.3) is 0 Å². The van der Waals surface area contributed by atoms with Crippen LogP contribution in [0.1, 0.15) is 57.6 Å². The predicted octanol–water partition coefficient (Wildman–Crippen LogP) is 4.48. The average molecular weight is 435 g/mol. The molecule has 1 aromatic carbocycles. The minimum Gasteiger partial charge on any atom is -0.372 e. The Morgan fingerprint density at radius 1 is 0.969 bits per heavy atom. The van der Waals surface area contributed by atoms with Crippen molar-refractivity contribution in [3.05, 3.63) is 36.7 Å². The van der Waals surface area contributed by atoms with Crippen LogP contribution in [0.3, 0.4) is 0 Å². The first-order valence-corrected chi connectivity index (χ1v) is 12.6. The molecule has 6 heteroatoms. The van der Waals surface area contributed by atoms with Crippen molar-refractivity contribution in [1.29, 1.82) is 0 Å². The molecule has 1 saturated carbocycles. The van der Waals surface area contributed by atoms with Crippen molar-refractivity contribution in [1.82, 2.24) is 14.7 Å². The van der Waals surface area contributed by atoms with Gasteiger partial charge in [0.15, 0.2) is 0 Å². The van der Waals surface area contributed by atoms with Crippen LogP contribution in [0, 0.1) is 11.8 Å². The number of nitrogens with zero attached hydrogens (tertiary/aromatic N) is 4. The molecule has 3 unspecified atom stereocenters. The number of piperidine rings is 2. The Morgan fingerprint density at radius 3 is 2.53 bits per heavy atom. The van der Waals surface area contributed by atoms with Gasteiger partial charge in [-0.1, -0.05) is 12.1 Å². The van der Waals surface area contributed by atoms with E-state index in [-0.39, 0.29) is 6.23 Å². The molecule has 4 heterocycles. The summed E-state index contributed by atoms with van der Waals surface area (Å²) < 4.78 is 7.83. The van der Waals surface area contributed by atoms with Gasteiger partial charge < -0.3 is 14.5 Å². The van der Waals surface area contributed by atoms with Gasteiger partial charge in [0.1, 0.15) is 6.23 Å². The molecule has 2 aromatic rings. The molecule has 32 heavy (non-hydrogen) atoms. The van der Waals surface area contributed by atoms with E-state index in [1.54, 1.807) is 0 Å². The minimum absolute atomic E-state index is 0.0871. The summed E-state index contributed by atoms with van der Waals surface area (Å²) in [4.78, 5) is 17.2. The van der Waals surface area contributed by atoms with Crippen LogP contribution >= 0.6 is 0 Å². The molecular formula is C26H34N4O2. The van der Waals surface area contributed by atoms with Crippen LogP contribution in [-0.2, 0) is 9.53 Å². The number of hydrogen-bond donors (Lipinski definition) is 0. The van der Waals surface area contributed by atoms with E-state index in [0.29, 0.717) is 23.8 Å². The van der Waals surface area contributed by atoms with Crippen molar-refractivity contribution in [3.8, 4) is 11.1 Å². The molecule has 1 aromatic heterocycles. The number of fused-ring (bicyclic) bond motifs is 2. The molecule has 1 aliphatic carbocycles.